The van der Waals surface area contributed by atoms with E-state index in [1.807, 2.05) is 17.0 Å². The zero-order valence-electron chi connectivity index (χ0n) is 19.7. The highest BCUT2D eigenvalue weighted by molar-refractivity contribution is 7.89. The number of sulfonamides is 1. The van der Waals surface area contributed by atoms with Crippen LogP contribution in [0, 0.1) is 11.7 Å². The average Bonchev–Trinajstić information content (AvgIpc) is 3.40. The first-order valence-electron chi connectivity index (χ1n) is 11.8. The minimum atomic E-state index is -4.04. The highest BCUT2D eigenvalue weighted by Crippen LogP contribution is 2.30. The van der Waals surface area contributed by atoms with Gasteiger partial charge in [0, 0.05) is 31.9 Å². The SMILES string of the molecule is COc1ccc(F)cc1S(=O)(=O)N1CCCC(C(=O)Nc2ccc(CC(=O)N3CCCC3)cc2)C1. The van der Waals surface area contributed by atoms with Gasteiger partial charge in [0.1, 0.15) is 16.5 Å². The standard InChI is InChI=1S/C25H30FN3O5S/c1-34-22-11-8-20(26)16-23(22)35(32,33)29-14-4-5-19(17-29)25(31)27-21-9-6-18(7-10-21)15-24(30)28-12-2-3-13-28/h6-11,16,19H,2-5,12-15,17H2,1H3,(H,27,31). The molecular weight excluding hydrogens is 473 g/mol. The van der Waals surface area contributed by atoms with E-state index in [0.717, 1.165) is 43.6 Å². The lowest BCUT2D eigenvalue weighted by Gasteiger charge is -2.31. The summed E-state index contributed by atoms with van der Waals surface area (Å²) < 4.78 is 46.5. The van der Waals surface area contributed by atoms with Gasteiger partial charge in [-0.25, -0.2) is 12.8 Å². The summed E-state index contributed by atoms with van der Waals surface area (Å²) in [5.41, 5.74) is 1.46. The zero-order valence-corrected chi connectivity index (χ0v) is 20.5. The highest BCUT2D eigenvalue weighted by Gasteiger charge is 2.35. The number of rotatable bonds is 7. The van der Waals surface area contributed by atoms with E-state index in [1.165, 1.54) is 17.5 Å². The van der Waals surface area contributed by atoms with Crippen molar-refractivity contribution < 1.29 is 27.1 Å². The maximum absolute atomic E-state index is 13.8. The molecule has 1 N–H and O–H groups in total. The normalized spacial score (nSPS) is 18.9. The Kier molecular flexibility index (Phi) is 7.71. The van der Waals surface area contributed by atoms with Crippen LogP contribution in [0.5, 0.6) is 5.75 Å². The van der Waals surface area contributed by atoms with E-state index in [4.69, 9.17) is 4.74 Å². The summed E-state index contributed by atoms with van der Waals surface area (Å²) >= 11 is 0. The first kappa shape index (κ1) is 25.1. The molecule has 0 saturated carbocycles. The zero-order chi connectivity index (χ0) is 25.0. The lowest BCUT2D eigenvalue weighted by molar-refractivity contribution is -0.129. The van der Waals surface area contributed by atoms with Crippen molar-refractivity contribution in [3.8, 4) is 5.75 Å². The number of benzene rings is 2. The molecule has 2 heterocycles. The molecule has 1 atom stereocenters. The van der Waals surface area contributed by atoms with E-state index in [0.29, 0.717) is 24.9 Å². The molecule has 0 aliphatic carbocycles. The monoisotopic (exact) mass is 503 g/mol. The van der Waals surface area contributed by atoms with Crippen molar-refractivity contribution in [2.75, 3.05) is 38.6 Å². The molecule has 2 aliphatic heterocycles. The number of likely N-dealkylation sites (tertiary alicyclic amines) is 1. The summed E-state index contributed by atoms with van der Waals surface area (Å²) in [6, 6.07) is 10.5. The second-order valence-electron chi connectivity index (χ2n) is 8.95. The maximum Gasteiger partial charge on any atom is 0.246 e. The Bertz CT molecular complexity index is 1180. The Morgan fingerprint density at radius 1 is 1.06 bits per heavy atom. The highest BCUT2D eigenvalue weighted by atomic mass is 32.2. The van der Waals surface area contributed by atoms with Crippen molar-refractivity contribution in [1.29, 1.82) is 0 Å². The number of amides is 2. The minimum absolute atomic E-state index is 0.00372. The van der Waals surface area contributed by atoms with Crippen LogP contribution in [0.3, 0.4) is 0 Å². The van der Waals surface area contributed by atoms with E-state index in [9.17, 15) is 22.4 Å². The number of ether oxygens (including phenoxy) is 1. The number of hydrogen-bond acceptors (Lipinski definition) is 5. The summed E-state index contributed by atoms with van der Waals surface area (Å²) in [4.78, 5) is 26.9. The Labute approximate surface area is 205 Å². The number of carbonyl (C=O) groups excluding carboxylic acids is 2. The Morgan fingerprint density at radius 2 is 1.77 bits per heavy atom. The van der Waals surface area contributed by atoms with Crippen LogP contribution in [0.2, 0.25) is 0 Å². The summed E-state index contributed by atoms with van der Waals surface area (Å²) in [7, 11) is -2.71. The average molecular weight is 504 g/mol. The largest absolute Gasteiger partial charge is 0.495 e. The lowest BCUT2D eigenvalue weighted by atomic mass is 9.98. The van der Waals surface area contributed by atoms with Crippen LogP contribution in [0.4, 0.5) is 10.1 Å². The third-order valence-electron chi connectivity index (χ3n) is 6.53. The van der Waals surface area contributed by atoms with Crippen molar-refractivity contribution in [3.63, 3.8) is 0 Å². The number of hydrogen-bond donors (Lipinski definition) is 1. The van der Waals surface area contributed by atoms with Crippen molar-refractivity contribution in [1.82, 2.24) is 9.21 Å². The molecule has 2 aliphatic rings. The van der Waals surface area contributed by atoms with Crippen LogP contribution in [-0.4, -0.2) is 62.7 Å². The lowest BCUT2D eigenvalue weighted by Crippen LogP contribution is -2.43. The molecule has 0 spiro atoms. The summed E-state index contributed by atoms with van der Waals surface area (Å²) in [6.45, 7) is 1.86. The van der Waals surface area contributed by atoms with Gasteiger partial charge in [0.15, 0.2) is 0 Å². The molecule has 2 saturated heterocycles. The quantitative estimate of drug-likeness (QED) is 0.627. The van der Waals surface area contributed by atoms with Gasteiger partial charge in [-0.15, -0.1) is 0 Å². The van der Waals surface area contributed by atoms with Gasteiger partial charge >= 0.3 is 0 Å². The van der Waals surface area contributed by atoms with E-state index < -0.39 is 21.8 Å². The predicted molar refractivity (Wildman–Crippen MR) is 129 cm³/mol. The Morgan fingerprint density at radius 3 is 2.46 bits per heavy atom. The number of nitrogens with zero attached hydrogens (tertiary/aromatic N) is 2. The second-order valence-corrected chi connectivity index (χ2v) is 10.9. The number of methoxy groups -OCH3 is 1. The molecule has 2 fully saturated rings. The van der Waals surface area contributed by atoms with Crippen LogP contribution in [0.1, 0.15) is 31.2 Å². The van der Waals surface area contributed by atoms with Gasteiger partial charge in [0.05, 0.1) is 19.4 Å². The van der Waals surface area contributed by atoms with Crippen LogP contribution < -0.4 is 10.1 Å². The Balaban J connectivity index is 1.38. The first-order chi connectivity index (χ1) is 16.8. The van der Waals surface area contributed by atoms with Crippen LogP contribution >= 0.6 is 0 Å². The molecule has 2 aromatic carbocycles. The molecule has 0 aromatic heterocycles. The van der Waals surface area contributed by atoms with Gasteiger partial charge in [-0.3, -0.25) is 9.59 Å². The topological polar surface area (TPSA) is 96.0 Å². The Hall–Kier alpha value is -2.98. The van der Waals surface area contributed by atoms with Crippen LogP contribution in [0.25, 0.3) is 0 Å². The predicted octanol–water partition coefficient (Wildman–Crippen LogP) is 3.04. The molecule has 188 valence electrons. The van der Waals surface area contributed by atoms with Gasteiger partial charge in [-0.05, 0) is 61.6 Å². The van der Waals surface area contributed by atoms with Crippen molar-refractivity contribution in [2.45, 2.75) is 37.0 Å². The molecule has 0 radical (unpaired) electrons. The molecule has 4 rings (SSSR count). The number of halogens is 1. The van der Waals surface area contributed by atoms with Crippen molar-refractivity contribution in [2.24, 2.45) is 5.92 Å². The van der Waals surface area contributed by atoms with Crippen molar-refractivity contribution in [3.05, 3.63) is 53.8 Å². The summed E-state index contributed by atoms with van der Waals surface area (Å²) in [6.07, 6.45) is 3.47. The summed E-state index contributed by atoms with van der Waals surface area (Å²) in [5, 5.41) is 2.85. The molecule has 35 heavy (non-hydrogen) atoms. The van der Waals surface area contributed by atoms with Crippen LogP contribution in [-0.2, 0) is 26.0 Å². The molecule has 0 bridgehead atoms. The summed E-state index contributed by atoms with van der Waals surface area (Å²) in [5.74, 6) is -1.34. The van der Waals surface area contributed by atoms with Gasteiger partial charge in [0.25, 0.3) is 0 Å². The molecule has 2 amide bonds. The molecule has 10 heteroatoms. The third-order valence-corrected chi connectivity index (χ3v) is 8.42. The van der Waals surface area contributed by atoms with Gasteiger partial charge in [-0.2, -0.15) is 4.31 Å². The van der Waals surface area contributed by atoms with E-state index in [1.54, 1.807) is 12.1 Å². The smallest absolute Gasteiger partial charge is 0.246 e. The van der Waals surface area contributed by atoms with E-state index in [2.05, 4.69) is 5.32 Å². The van der Waals surface area contributed by atoms with Gasteiger partial charge in [-0.1, -0.05) is 12.1 Å². The van der Waals surface area contributed by atoms with Gasteiger partial charge in [0.2, 0.25) is 21.8 Å². The fourth-order valence-corrected chi connectivity index (χ4v) is 6.26. The molecule has 2 aromatic rings. The number of piperidine rings is 1. The number of anilines is 1. The fraction of sp³-hybridized carbons (Fsp3) is 0.440. The van der Waals surface area contributed by atoms with Crippen molar-refractivity contribution >= 4 is 27.5 Å². The maximum atomic E-state index is 13.8. The number of nitrogens with one attached hydrogen (secondary N) is 1. The second kappa shape index (κ2) is 10.7. The van der Waals surface area contributed by atoms with E-state index >= 15 is 0 Å². The molecule has 1 unspecified atom stereocenters. The third kappa shape index (κ3) is 5.82. The van der Waals surface area contributed by atoms with Gasteiger partial charge < -0.3 is 15.0 Å². The molecule has 8 nitrogen and oxygen atoms in total. The minimum Gasteiger partial charge on any atom is -0.495 e. The van der Waals surface area contributed by atoms with Crippen LogP contribution in [0.15, 0.2) is 47.4 Å². The molecular formula is C25H30FN3O5S. The number of carbonyl (C=O) groups is 2. The van der Waals surface area contributed by atoms with E-state index in [-0.39, 0.29) is 35.5 Å². The first-order valence-corrected chi connectivity index (χ1v) is 13.2. The fourth-order valence-electron chi connectivity index (χ4n) is 4.57.